The van der Waals surface area contributed by atoms with Crippen molar-refractivity contribution in [2.75, 3.05) is 0 Å². The molecule has 0 radical (unpaired) electrons. The Morgan fingerprint density at radius 2 is 1.12 bits per heavy atom. The van der Waals surface area contributed by atoms with Crippen molar-refractivity contribution < 1.29 is 19.4 Å². The number of aliphatic hydroxyl groups is 1. The summed E-state index contributed by atoms with van der Waals surface area (Å²) in [7, 11) is 0. The van der Waals surface area contributed by atoms with Gasteiger partial charge in [0.2, 0.25) is 6.29 Å². The van der Waals surface area contributed by atoms with Crippen molar-refractivity contribution >= 4 is 59.0 Å². The Balaban J connectivity index is 1.55. The minimum absolute atomic E-state index is 0.490. The maximum Gasteiger partial charge on any atom is 0.335 e. The van der Waals surface area contributed by atoms with E-state index in [-0.39, 0.29) is 0 Å². The molecule has 4 nitrogen and oxygen atoms in total. The van der Waals surface area contributed by atoms with E-state index in [1.54, 1.807) is 11.3 Å². The highest BCUT2D eigenvalue weighted by molar-refractivity contribution is 7.26. The van der Waals surface area contributed by atoms with E-state index in [0.717, 1.165) is 53.2 Å². The lowest BCUT2D eigenvalue weighted by atomic mass is 9.91. The Kier molecular flexibility index (Phi) is 6.74. The predicted octanol–water partition coefficient (Wildman–Crippen LogP) is 9.67. The second-order valence-electron chi connectivity index (χ2n) is 10.1. The van der Waals surface area contributed by atoms with Crippen LogP contribution in [0.15, 0.2) is 135 Å². The van der Waals surface area contributed by atoms with Crippen molar-refractivity contribution in [2.24, 2.45) is 0 Å². The zero-order chi connectivity index (χ0) is 29.5. The highest BCUT2D eigenvalue weighted by Gasteiger charge is 2.20. The number of aliphatic hydroxyl groups excluding tert-OH is 1. The first kappa shape index (κ1) is 26.7. The van der Waals surface area contributed by atoms with Crippen molar-refractivity contribution in [1.82, 2.24) is 0 Å². The fourth-order valence-corrected chi connectivity index (χ4v) is 7.06. The van der Waals surface area contributed by atoms with Gasteiger partial charge in [0, 0.05) is 37.4 Å². The van der Waals surface area contributed by atoms with E-state index in [2.05, 4.69) is 61.7 Å². The lowest BCUT2D eigenvalue weighted by Crippen LogP contribution is -2.11. The van der Waals surface area contributed by atoms with Crippen molar-refractivity contribution in [3.8, 4) is 33.8 Å². The molecule has 0 amide bonds. The molecule has 43 heavy (non-hydrogen) atoms. The molecule has 0 saturated heterocycles. The second-order valence-corrected chi connectivity index (χ2v) is 11.2. The van der Waals surface area contributed by atoms with Crippen molar-refractivity contribution in [1.29, 1.82) is 0 Å². The normalized spacial score (nSPS) is 12.0. The van der Waals surface area contributed by atoms with Crippen LogP contribution in [0.4, 0.5) is 0 Å². The molecule has 1 N–H and O–H groups in total. The molecule has 208 valence electrons. The van der Waals surface area contributed by atoms with E-state index in [0.29, 0.717) is 11.5 Å². The first-order valence-corrected chi connectivity index (χ1v) is 14.7. The van der Waals surface area contributed by atoms with Crippen molar-refractivity contribution in [3.63, 3.8) is 0 Å². The fourth-order valence-electron chi connectivity index (χ4n) is 5.84. The summed E-state index contributed by atoms with van der Waals surface area (Å²) in [6.07, 6.45) is 1.43. The minimum atomic E-state index is -1.11. The molecule has 0 spiro atoms. The molecule has 1 aromatic heterocycles. The number of carbonyl (C=O) groups is 1. The lowest BCUT2D eigenvalue weighted by Gasteiger charge is -2.16. The Hall–Kier alpha value is -5.23. The molecule has 6 aromatic carbocycles. The SMILES string of the molecule is C=CC(=O)Oc1ccccc1-c1cc2sc3cc(-c4ccccc4OC(O)C=C)c4ccccc4c3c2c2ccccc12. The lowest BCUT2D eigenvalue weighted by molar-refractivity contribution is -0.128. The quantitative estimate of drug-likeness (QED) is 0.0673. The second kappa shape index (κ2) is 10.9. The molecule has 1 atom stereocenters. The van der Waals surface area contributed by atoms with Crippen LogP contribution in [-0.4, -0.2) is 17.4 Å². The number of para-hydroxylation sites is 2. The molecule has 0 aliphatic rings. The van der Waals surface area contributed by atoms with Gasteiger partial charge in [-0.1, -0.05) is 98.1 Å². The summed E-state index contributed by atoms with van der Waals surface area (Å²) in [5.41, 5.74) is 3.74. The van der Waals surface area contributed by atoms with Gasteiger partial charge in [-0.3, -0.25) is 0 Å². The standard InChI is InChI=1S/C38H26O4S/c1-3-35(39)41-31-19-11-9-15-25(31)29-21-33-37(27-17-7-5-13-23(27)29)38-28-18-8-6-14-24(28)30(22-34(38)43-33)26-16-10-12-20-32(26)42-36(40)4-2/h3-22,35,39H,1-2H2. The van der Waals surface area contributed by atoms with Gasteiger partial charge in [0.25, 0.3) is 0 Å². The fraction of sp³-hybridized carbons (Fsp3) is 0.0263. The van der Waals surface area contributed by atoms with Crippen LogP contribution in [-0.2, 0) is 4.79 Å². The molecule has 1 unspecified atom stereocenters. The number of esters is 1. The number of fused-ring (bicyclic) bond motifs is 7. The third-order valence-corrected chi connectivity index (χ3v) is 8.75. The predicted molar refractivity (Wildman–Crippen MR) is 178 cm³/mol. The summed E-state index contributed by atoms with van der Waals surface area (Å²) >= 11 is 1.73. The summed E-state index contributed by atoms with van der Waals surface area (Å²) in [5.74, 6) is 0.576. The van der Waals surface area contributed by atoms with Crippen LogP contribution in [0.25, 0.3) is 64.0 Å². The summed E-state index contributed by atoms with van der Waals surface area (Å²) in [4.78, 5) is 12.2. The van der Waals surface area contributed by atoms with Crippen LogP contribution in [0.3, 0.4) is 0 Å². The van der Waals surface area contributed by atoms with Gasteiger partial charge in [-0.25, -0.2) is 4.79 Å². The van der Waals surface area contributed by atoms with Crippen LogP contribution in [0, 0.1) is 0 Å². The van der Waals surface area contributed by atoms with Gasteiger partial charge in [0.05, 0.1) is 0 Å². The smallest absolute Gasteiger partial charge is 0.335 e. The monoisotopic (exact) mass is 578 g/mol. The van der Waals surface area contributed by atoms with Gasteiger partial charge in [-0.2, -0.15) is 0 Å². The first-order chi connectivity index (χ1) is 21.1. The number of hydrogen-bond donors (Lipinski definition) is 1. The van der Waals surface area contributed by atoms with E-state index >= 15 is 0 Å². The number of rotatable bonds is 7. The molecule has 0 fully saturated rings. The number of ether oxygens (including phenoxy) is 2. The number of carbonyl (C=O) groups excluding carboxylic acids is 1. The van der Waals surface area contributed by atoms with Gasteiger partial charge in [0.1, 0.15) is 11.5 Å². The number of benzene rings is 6. The largest absolute Gasteiger partial charge is 0.461 e. The third-order valence-electron chi connectivity index (χ3n) is 7.67. The summed E-state index contributed by atoms with van der Waals surface area (Å²) in [6.45, 7) is 7.20. The van der Waals surface area contributed by atoms with E-state index in [1.165, 1.54) is 22.9 Å². The van der Waals surface area contributed by atoms with Crippen molar-refractivity contribution in [3.05, 3.63) is 135 Å². The average Bonchev–Trinajstić information content (AvgIpc) is 3.43. The third kappa shape index (κ3) is 4.56. The maximum absolute atomic E-state index is 12.2. The summed E-state index contributed by atoms with van der Waals surface area (Å²) < 4.78 is 13.7. The Labute approximate surface area is 252 Å². The molecule has 0 bridgehead atoms. The molecular weight excluding hydrogens is 552 g/mol. The van der Waals surface area contributed by atoms with Gasteiger partial charge in [0.15, 0.2) is 0 Å². The molecular formula is C38H26O4S. The van der Waals surface area contributed by atoms with Crippen LogP contribution in [0.2, 0.25) is 0 Å². The molecule has 0 saturated carbocycles. The van der Waals surface area contributed by atoms with Gasteiger partial charge in [-0.05, 0) is 63.0 Å². The molecule has 5 heteroatoms. The van der Waals surface area contributed by atoms with E-state index in [4.69, 9.17) is 9.47 Å². The molecule has 7 aromatic rings. The van der Waals surface area contributed by atoms with Crippen LogP contribution >= 0.6 is 11.3 Å². The zero-order valence-electron chi connectivity index (χ0n) is 23.1. The van der Waals surface area contributed by atoms with E-state index < -0.39 is 12.3 Å². The number of hydrogen-bond acceptors (Lipinski definition) is 5. The molecule has 1 heterocycles. The van der Waals surface area contributed by atoms with Gasteiger partial charge in [-0.15, -0.1) is 11.3 Å². The maximum atomic E-state index is 12.2. The number of thiophene rings is 1. The molecule has 7 rings (SSSR count). The zero-order valence-corrected chi connectivity index (χ0v) is 23.9. The Morgan fingerprint density at radius 3 is 1.65 bits per heavy atom. The van der Waals surface area contributed by atoms with Gasteiger partial charge >= 0.3 is 5.97 Å². The topological polar surface area (TPSA) is 55.8 Å². The minimum Gasteiger partial charge on any atom is -0.461 e. The molecule has 0 aliphatic carbocycles. The van der Waals surface area contributed by atoms with Crippen LogP contribution < -0.4 is 9.47 Å². The van der Waals surface area contributed by atoms with Gasteiger partial charge < -0.3 is 14.6 Å². The summed E-state index contributed by atoms with van der Waals surface area (Å²) in [5, 5.41) is 17.0. The van der Waals surface area contributed by atoms with E-state index in [1.807, 2.05) is 60.7 Å². The average molecular weight is 579 g/mol. The van der Waals surface area contributed by atoms with Crippen LogP contribution in [0.5, 0.6) is 11.5 Å². The van der Waals surface area contributed by atoms with E-state index in [9.17, 15) is 9.90 Å². The van der Waals surface area contributed by atoms with Crippen molar-refractivity contribution in [2.45, 2.75) is 6.29 Å². The summed E-state index contributed by atoms with van der Waals surface area (Å²) in [6, 6.07) is 36.6. The highest BCUT2D eigenvalue weighted by atomic mass is 32.1. The first-order valence-electron chi connectivity index (χ1n) is 13.9. The Bertz CT molecular complexity index is 2230. The highest BCUT2D eigenvalue weighted by Crippen LogP contribution is 2.48. The Morgan fingerprint density at radius 1 is 0.651 bits per heavy atom. The molecule has 0 aliphatic heterocycles. The van der Waals surface area contributed by atoms with Crippen LogP contribution in [0.1, 0.15) is 0 Å².